The molecule has 138 valence electrons. The molecule has 3 aliphatic rings. The Balaban J connectivity index is 0.00000182. The highest BCUT2D eigenvalue weighted by molar-refractivity contribution is 7.10. The van der Waals surface area contributed by atoms with E-state index in [-0.39, 0.29) is 24.2 Å². The third-order valence-electron chi connectivity index (χ3n) is 5.59. The van der Waals surface area contributed by atoms with Gasteiger partial charge in [-0.3, -0.25) is 9.59 Å². The number of rotatable bonds is 3. The largest absolute Gasteiger partial charge is 0.341 e. The summed E-state index contributed by atoms with van der Waals surface area (Å²) < 4.78 is 0. The van der Waals surface area contributed by atoms with E-state index in [0.29, 0.717) is 31.5 Å². The van der Waals surface area contributed by atoms with Crippen molar-refractivity contribution in [1.29, 1.82) is 0 Å². The number of fused-ring (bicyclic) bond motifs is 3. The Morgan fingerprint density at radius 1 is 1.08 bits per heavy atom. The van der Waals surface area contributed by atoms with Gasteiger partial charge in [0.1, 0.15) is 0 Å². The van der Waals surface area contributed by atoms with Crippen LogP contribution in [0.15, 0.2) is 11.4 Å². The Bertz CT molecular complexity index is 636. The Labute approximate surface area is 159 Å². The number of nitrogens with one attached hydrogen (secondary N) is 1. The molecule has 2 amide bonds. The number of amides is 2. The number of carbonyl (C=O) groups excluding carboxylic acids is 2. The van der Waals surface area contributed by atoms with Crippen LogP contribution in [-0.4, -0.2) is 53.3 Å². The fraction of sp³-hybridized carbons (Fsp3) is 0.667. The van der Waals surface area contributed by atoms with E-state index in [9.17, 15) is 9.59 Å². The summed E-state index contributed by atoms with van der Waals surface area (Å²) in [6.45, 7) is 3.15. The summed E-state index contributed by atoms with van der Waals surface area (Å²) in [6.07, 6.45) is 5.10. The van der Waals surface area contributed by atoms with Gasteiger partial charge < -0.3 is 15.1 Å². The second-order valence-corrected chi connectivity index (χ2v) is 8.20. The van der Waals surface area contributed by atoms with Crippen LogP contribution in [0.4, 0.5) is 0 Å². The zero-order valence-corrected chi connectivity index (χ0v) is 16.0. The van der Waals surface area contributed by atoms with Crippen molar-refractivity contribution in [2.24, 2.45) is 0 Å². The molecule has 7 heteroatoms. The maximum absolute atomic E-state index is 12.5. The second-order valence-electron chi connectivity index (χ2n) is 7.20. The number of likely N-dealkylation sites (tertiary alicyclic amines) is 1. The lowest BCUT2D eigenvalue weighted by atomic mass is 10.1. The lowest BCUT2D eigenvalue weighted by molar-refractivity contribution is -0.137. The molecule has 2 unspecified atom stereocenters. The van der Waals surface area contributed by atoms with E-state index >= 15 is 0 Å². The van der Waals surface area contributed by atoms with E-state index in [1.165, 1.54) is 23.3 Å². The molecule has 0 aliphatic carbocycles. The molecule has 4 rings (SSSR count). The quantitative estimate of drug-likeness (QED) is 0.870. The van der Waals surface area contributed by atoms with Crippen LogP contribution < -0.4 is 5.32 Å². The topological polar surface area (TPSA) is 52.7 Å². The minimum Gasteiger partial charge on any atom is -0.341 e. The predicted octanol–water partition coefficient (Wildman–Crippen LogP) is 2.19. The van der Waals surface area contributed by atoms with Crippen LogP contribution in [0.5, 0.6) is 0 Å². The Hall–Kier alpha value is -1.11. The van der Waals surface area contributed by atoms with Crippen molar-refractivity contribution in [3.05, 3.63) is 21.9 Å². The van der Waals surface area contributed by atoms with Crippen molar-refractivity contribution >= 4 is 35.6 Å². The summed E-state index contributed by atoms with van der Waals surface area (Å²) >= 11 is 1.78. The molecule has 4 heterocycles. The molecule has 2 atom stereocenters. The zero-order valence-electron chi connectivity index (χ0n) is 14.4. The Morgan fingerprint density at radius 2 is 1.84 bits per heavy atom. The van der Waals surface area contributed by atoms with Gasteiger partial charge in [-0.25, -0.2) is 0 Å². The van der Waals surface area contributed by atoms with Gasteiger partial charge in [0.2, 0.25) is 11.8 Å². The molecule has 0 aromatic carbocycles. The maximum Gasteiger partial charge on any atom is 0.223 e. The highest BCUT2D eigenvalue weighted by Gasteiger charge is 2.31. The number of nitrogens with zero attached hydrogens (tertiary/aromatic N) is 2. The first kappa shape index (κ1) is 18.7. The van der Waals surface area contributed by atoms with E-state index in [0.717, 1.165) is 32.5 Å². The monoisotopic (exact) mass is 383 g/mol. The molecule has 2 fully saturated rings. The predicted molar refractivity (Wildman–Crippen MR) is 101 cm³/mol. The van der Waals surface area contributed by atoms with Crippen LogP contribution in [0, 0.1) is 0 Å². The van der Waals surface area contributed by atoms with E-state index in [4.69, 9.17) is 0 Å². The van der Waals surface area contributed by atoms with Crippen molar-refractivity contribution in [3.63, 3.8) is 0 Å². The molecule has 1 aromatic rings. The molecule has 1 N–H and O–H groups in total. The number of halogens is 1. The molecule has 3 aliphatic heterocycles. The van der Waals surface area contributed by atoms with Gasteiger partial charge >= 0.3 is 0 Å². The molecule has 1 aromatic heterocycles. The molecular weight excluding hydrogens is 358 g/mol. The Morgan fingerprint density at radius 3 is 2.68 bits per heavy atom. The smallest absolute Gasteiger partial charge is 0.223 e. The molecule has 0 spiro atoms. The summed E-state index contributed by atoms with van der Waals surface area (Å²) in [4.78, 5) is 30.2. The van der Waals surface area contributed by atoms with Crippen LogP contribution in [0.3, 0.4) is 0 Å². The van der Waals surface area contributed by atoms with Gasteiger partial charge in [0.15, 0.2) is 0 Å². The standard InChI is InChI=1S/C18H25N3O2S.ClH/c22-17(20-9-6-16-13(11-20)7-10-24-16)3-4-18(23)21-8-5-14-1-2-15(12-21)19-14;/h7,10,14-15,19H,1-6,8-9,11-12H2;1H. The van der Waals surface area contributed by atoms with Gasteiger partial charge in [-0.1, -0.05) is 0 Å². The van der Waals surface area contributed by atoms with Crippen LogP contribution in [0.2, 0.25) is 0 Å². The van der Waals surface area contributed by atoms with Crippen LogP contribution in [0.1, 0.15) is 42.5 Å². The average molecular weight is 384 g/mol. The van der Waals surface area contributed by atoms with Gasteiger partial charge in [0.05, 0.1) is 0 Å². The van der Waals surface area contributed by atoms with Gasteiger partial charge in [-0.15, -0.1) is 23.7 Å². The molecular formula is C18H26ClN3O2S. The molecule has 2 saturated heterocycles. The first-order valence-electron chi connectivity index (χ1n) is 9.06. The van der Waals surface area contributed by atoms with Gasteiger partial charge in [-0.05, 0) is 42.7 Å². The SMILES string of the molecule is Cl.O=C(CCC(=O)N1CCC2CCC(C1)N2)N1CCc2sccc2C1. The van der Waals surface area contributed by atoms with Crippen LogP contribution in [-0.2, 0) is 22.6 Å². The molecule has 25 heavy (non-hydrogen) atoms. The normalized spacial score (nSPS) is 25.1. The van der Waals surface area contributed by atoms with Crippen LogP contribution in [0.25, 0.3) is 0 Å². The summed E-state index contributed by atoms with van der Waals surface area (Å²) in [7, 11) is 0. The van der Waals surface area contributed by atoms with E-state index < -0.39 is 0 Å². The second kappa shape index (κ2) is 8.06. The van der Waals surface area contributed by atoms with E-state index in [1.807, 2.05) is 9.80 Å². The van der Waals surface area contributed by atoms with E-state index in [2.05, 4.69) is 16.8 Å². The van der Waals surface area contributed by atoms with Crippen LogP contribution >= 0.6 is 23.7 Å². The maximum atomic E-state index is 12.5. The summed E-state index contributed by atoms with van der Waals surface area (Å²) in [5.74, 6) is 0.264. The minimum atomic E-state index is 0. The highest BCUT2D eigenvalue weighted by Crippen LogP contribution is 2.25. The third-order valence-corrected chi connectivity index (χ3v) is 6.61. The summed E-state index contributed by atoms with van der Waals surface area (Å²) in [5.41, 5.74) is 1.28. The van der Waals surface area contributed by atoms with E-state index in [1.54, 1.807) is 11.3 Å². The third kappa shape index (κ3) is 4.18. The number of hydrogen-bond acceptors (Lipinski definition) is 4. The average Bonchev–Trinajstić information content (AvgIpc) is 3.17. The van der Waals surface area contributed by atoms with Gasteiger partial charge in [0, 0.05) is 56.0 Å². The summed E-state index contributed by atoms with van der Waals surface area (Å²) in [5, 5.41) is 5.69. The van der Waals surface area contributed by atoms with Gasteiger partial charge in [0.25, 0.3) is 0 Å². The number of hydrogen-bond donors (Lipinski definition) is 1. The van der Waals surface area contributed by atoms with Crippen molar-refractivity contribution < 1.29 is 9.59 Å². The zero-order chi connectivity index (χ0) is 16.5. The number of carbonyl (C=O) groups is 2. The fourth-order valence-corrected chi connectivity index (χ4v) is 5.05. The van der Waals surface area contributed by atoms with Crippen molar-refractivity contribution in [2.45, 2.75) is 57.2 Å². The van der Waals surface area contributed by atoms with Crippen molar-refractivity contribution in [2.75, 3.05) is 19.6 Å². The first-order valence-corrected chi connectivity index (χ1v) is 9.94. The minimum absolute atomic E-state index is 0. The van der Waals surface area contributed by atoms with Crippen molar-refractivity contribution in [1.82, 2.24) is 15.1 Å². The molecule has 0 saturated carbocycles. The fourth-order valence-electron chi connectivity index (χ4n) is 4.16. The lowest BCUT2D eigenvalue weighted by Crippen LogP contribution is -2.40. The lowest BCUT2D eigenvalue weighted by Gasteiger charge is -2.28. The van der Waals surface area contributed by atoms with Crippen molar-refractivity contribution in [3.8, 4) is 0 Å². The molecule has 0 radical (unpaired) electrons. The molecule has 2 bridgehead atoms. The number of thiophene rings is 1. The molecule has 5 nitrogen and oxygen atoms in total. The summed E-state index contributed by atoms with van der Waals surface area (Å²) in [6, 6.07) is 3.16. The highest BCUT2D eigenvalue weighted by atomic mass is 35.5. The first-order chi connectivity index (χ1) is 11.7. The van der Waals surface area contributed by atoms with Gasteiger partial charge in [-0.2, -0.15) is 0 Å². The Kier molecular flexibility index (Phi) is 6.02.